The van der Waals surface area contributed by atoms with Gasteiger partial charge >= 0.3 is 0 Å². The Kier molecular flexibility index (Phi) is 6.25. The molecule has 1 atom stereocenters. The Morgan fingerprint density at radius 2 is 1.86 bits per heavy atom. The first-order valence-corrected chi connectivity index (χ1v) is 8.59. The van der Waals surface area contributed by atoms with E-state index >= 15 is 0 Å². The summed E-state index contributed by atoms with van der Waals surface area (Å²) in [7, 11) is 0. The Morgan fingerprint density at radius 1 is 1.14 bits per heavy atom. The Morgan fingerprint density at radius 3 is 2.48 bits per heavy atom. The average Bonchev–Trinajstić information content (AvgIpc) is 2.46. The normalized spacial score (nSPS) is 20.4. The number of nitrogens with zero attached hydrogens (tertiary/aromatic N) is 1. The van der Waals surface area contributed by atoms with Crippen molar-refractivity contribution >= 4 is 0 Å². The lowest BCUT2D eigenvalue weighted by Gasteiger charge is -2.33. The molecule has 1 saturated heterocycles. The maximum Gasteiger partial charge on any atom is 0.0233 e. The quantitative estimate of drug-likeness (QED) is 0.850. The number of nitrogens with one attached hydrogen (secondary N) is 1. The Bertz CT molecular complexity index is 408. The predicted molar refractivity (Wildman–Crippen MR) is 91.7 cm³/mol. The van der Waals surface area contributed by atoms with Crippen molar-refractivity contribution in [1.82, 2.24) is 10.2 Å². The van der Waals surface area contributed by atoms with Gasteiger partial charge in [-0.3, -0.25) is 4.90 Å². The highest BCUT2D eigenvalue weighted by Gasteiger charge is 2.19. The Hall–Kier alpha value is -0.860. The van der Waals surface area contributed by atoms with Crippen molar-refractivity contribution in [2.75, 3.05) is 19.6 Å². The van der Waals surface area contributed by atoms with Crippen LogP contribution in [0.25, 0.3) is 0 Å². The van der Waals surface area contributed by atoms with Crippen LogP contribution in [-0.4, -0.2) is 30.6 Å². The van der Waals surface area contributed by atoms with Crippen LogP contribution >= 0.6 is 0 Å². The first-order chi connectivity index (χ1) is 10.0. The van der Waals surface area contributed by atoms with E-state index in [0.717, 1.165) is 12.5 Å². The van der Waals surface area contributed by atoms with Crippen LogP contribution in [0.3, 0.4) is 0 Å². The monoisotopic (exact) mass is 288 g/mol. The highest BCUT2D eigenvalue weighted by molar-refractivity contribution is 5.24. The van der Waals surface area contributed by atoms with E-state index in [9.17, 15) is 0 Å². The van der Waals surface area contributed by atoms with Gasteiger partial charge in [0.1, 0.15) is 0 Å². The van der Waals surface area contributed by atoms with Gasteiger partial charge in [0.2, 0.25) is 0 Å². The average molecular weight is 288 g/mol. The molecule has 0 bridgehead atoms. The highest BCUT2D eigenvalue weighted by Crippen LogP contribution is 2.20. The van der Waals surface area contributed by atoms with E-state index < -0.39 is 0 Å². The van der Waals surface area contributed by atoms with Crippen molar-refractivity contribution in [3.8, 4) is 0 Å². The lowest BCUT2D eigenvalue weighted by molar-refractivity contribution is 0.164. The van der Waals surface area contributed by atoms with E-state index in [0.29, 0.717) is 12.0 Å². The molecule has 0 amide bonds. The molecule has 0 spiro atoms. The maximum atomic E-state index is 3.59. The Balaban J connectivity index is 1.84. The van der Waals surface area contributed by atoms with Crippen LogP contribution in [-0.2, 0) is 6.54 Å². The van der Waals surface area contributed by atoms with Gasteiger partial charge < -0.3 is 5.32 Å². The summed E-state index contributed by atoms with van der Waals surface area (Å²) in [5, 5.41) is 3.59. The van der Waals surface area contributed by atoms with Crippen molar-refractivity contribution in [2.24, 2.45) is 5.92 Å². The first kappa shape index (κ1) is 16.5. The molecule has 1 heterocycles. The third kappa shape index (κ3) is 5.44. The molecule has 2 nitrogen and oxygen atoms in total. The summed E-state index contributed by atoms with van der Waals surface area (Å²) in [6, 6.07) is 9.81. The minimum atomic E-state index is 0.601. The van der Waals surface area contributed by atoms with Crippen LogP contribution in [0.15, 0.2) is 24.3 Å². The number of piperidine rings is 1. The van der Waals surface area contributed by atoms with Gasteiger partial charge in [-0.25, -0.2) is 0 Å². The molecule has 2 heteroatoms. The largest absolute Gasteiger partial charge is 0.314 e. The standard InChI is InChI=1S/C19H32N2/c1-15(2)19-9-7-17(8-10-19)13-21-11-5-6-18(14-21)12-20-16(3)4/h7-10,15-16,18,20H,5-6,11-14H2,1-4H3. The predicted octanol–water partition coefficient (Wildman–Crippen LogP) is 4.02. The molecule has 0 aliphatic carbocycles. The molecular formula is C19H32N2. The molecule has 1 aromatic carbocycles. The van der Waals surface area contributed by atoms with Crippen LogP contribution in [0.1, 0.15) is 57.6 Å². The maximum absolute atomic E-state index is 3.59. The van der Waals surface area contributed by atoms with Gasteiger partial charge in [-0.15, -0.1) is 0 Å². The van der Waals surface area contributed by atoms with E-state index in [2.05, 4.69) is 62.2 Å². The van der Waals surface area contributed by atoms with Crippen molar-refractivity contribution in [2.45, 2.75) is 59.0 Å². The van der Waals surface area contributed by atoms with Crippen LogP contribution in [0.5, 0.6) is 0 Å². The molecule has 1 N–H and O–H groups in total. The molecule has 0 radical (unpaired) electrons. The van der Waals surface area contributed by atoms with Crippen molar-refractivity contribution in [1.29, 1.82) is 0 Å². The van der Waals surface area contributed by atoms with Gasteiger partial charge in [0.05, 0.1) is 0 Å². The molecule has 118 valence electrons. The number of benzene rings is 1. The van der Waals surface area contributed by atoms with Gasteiger partial charge in [0, 0.05) is 19.1 Å². The Labute approximate surface area is 130 Å². The topological polar surface area (TPSA) is 15.3 Å². The van der Waals surface area contributed by atoms with Gasteiger partial charge in [0.15, 0.2) is 0 Å². The summed E-state index contributed by atoms with van der Waals surface area (Å²) in [6.45, 7) is 13.7. The van der Waals surface area contributed by atoms with Crippen LogP contribution < -0.4 is 5.32 Å². The zero-order valence-corrected chi connectivity index (χ0v) is 14.2. The number of likely N-dealkylation sites (tertiary alicyclic amines) is 1. The lowest BCUT2D eigenvalue weighted by atomic mass is 9.96. The van der Waals surface area contributed by atoms with Gasteiger partial charge in [-0.1, -0.05) is 52.0 Å². The van der Waals surface area contributed by atoms with Crippen molar-refractivity contribution in [3.63, 3.8) is 0 Å². The summed E-state index contributed by atoms with van der Waals surface area (Å²) in [5.74, 6) is 1.44. The molecule has 0 saturated carbocycles. The third-order valence-electron chi connectivity index (χ3n) is 4.47. The second-order valence-corrected chi connectivity index (χ2v) is 7.20. The number of hydrogen-bond donors (Lipinski definition) is 1. The van der Waals surface area contributed by atoms with Crippen molar-refractivity contribution < 1.29 is 0 Å². The summed E-state index contributed by atoms with van der Waals surface area (Å²) >= 11 is 0. The van der Waals surface area contributed by atoms with Crippen LogP contribution in [0.2, 0.25) is 0 Å². The van der Waals surface area contributed by atoms with Crippen LogP contribution in [0, 0.1) is 5.92 Å². The fraction of sp³-hybridized carbons (Fsp3) is 0.684. The molecule has 1 aromatic rings. The van der Waals surface area contributed by atoms with Gasteiger partial charge in [0.25, 0.3) is 0 Å². The first-order valence-electron chi connectivity index (χ1n) is 8.59. The zero-order chi connectivity index (χ0) is 15.2. The molecule has 21 heavy (non-hydrogen) atoms. The highest BCUT2D eigenvalue weighted by atomic mass is 15.1. The molecule has 1 unspecified atom stereocenters. The summed E-state index contributed by atoms with van der Waals surface area (Å²) < 4.78 is 0. The SMILES string of the molecule is CC(C)NCC1CCCN(Cc2ccc(C(C)C)cc2)C1. The molecule has 1 fully saturated rings. The summed E-state index contributed by atoms with van der Waals surface area (Å²) in [4.78, 5) is 2.63. The summed E-state index contributed by atoms with van der Waals surface area (Å²) in [5.41, 5.74) is 2.90. The summed E-state index contributed by atoms with van der Waals surface area (Å²) in [6.07, 6.45) is 2.72. The van der Waals surface area contributed by atoms with E-state index in [-0.39, 0.29) is 0 Å². The number of hydrogen-bond acceptors (Lipinski definition) is 2. The molecule has 0 aromatic heterocycles. The zero-order valence-electron chi connectivity index (χ0n) is 14.2. The fourth-order valence-electron chi connectivity index (χ4n) is 3.13. The second kappa shape index (κ2) is 7.95. The molecule has 1 aliphatic rings. The van der Waals surface area contributed by atoms with Crippen LogP contribution in [0.4, 0.5) is 0 Å². The van der Waals surface area contributed by atoms with E-state index in [1.54, 1.807) is 0 Å². The van der Waals surface area contributed by atoms with E-state index in [4.69, 9.17) is 0 Å². The smallest absolute Gasteiger partial charge is 0.0233 e. The van der Waals surface area contributed by atoms with Gasteiger partial charge in [-0.05, 0) is 48.9 Å². The second-order valence-electron chi connectivity index (χ2n) is 7.20. The minimum Gasteiger partial charge on any atom is -0.314 e. The minimum absolute atomic E-state index is 0.601. The van der Waals surface area contributed by atoms with Crippen molar-refractivity contribution in [3.05, 3.63) is 35.4 Å². The van der Waals surface area contributed by atoms with E-state index in [1.165, 1.54) is 43.6 Å². The fourth-order valence-corrected chi connectivity index (χ4v) is 3.13. The van der Waals surface area contributed by atoms with Gasteiger partial charge in [-0.2, -0.15) is 0 Å². The number of rotatable bonds is 6. The molecular weight excluding hydrogens is 256 g/mol. The molecule has 2 rings (SSSR count). The molecule has 1 aliphatic heterocycles. The third-order valence-corrected chi connectivity index (χ3v) is 4.47. The van der Waals surface area contributed by atoms with E-state index in [1.807, 2.05) is 0 Å². The lowest BCUT2D eigenvalue weighted by Crippen LogP contribution is -2.40.